The van der Waals surface area contributed by atoms with Crippen LogP contribution in [0, 0.1) is 5.82 Å². The van der Waals surface area contributed by atoms with E-state index in [4.69, 9.17) is 21.1 Å². The van der Waals surface area contributed by atoms with Gasteiger partial charge in [0.15, 0.2) is 5.16 Å². The van der Waals surface area contributed by atoms with E-state index >= 15 is 0 Å². The molecule has 148 valence electrons. The van der Waals surface area contributed by atoms with Crippen molar-refractivity contribution in [2.45, 2.75) is 24.4 Å². The normalized spacial score (nSPS) is 11.1. The summed E-state index contributed by atoms with van der Waals surface area (Å²) in [6, 6.07) is 9.77. The monoisotopic (exact) mass is 422 g/mol. The van der Waals surface area contributed by atoms with E-state index in [0.717, 1.165) is 5.52 Å². The third kappa shape index (κ3) is 4.66. The van der Waals surface area contributed by atoms with Crippen LogP contribution in [0.3, 0.4) is 0 Å². The van der Waals surface area contributed by atoms with Crippen molar-refractivity contribution in [2.24, 2.45) is 0 Å². The Bertz CT molecular complexity index is 993. The average molecular weight is 423 g/mol. The largest absolute Gasteiger partial charge is 0.462 e. The van der Waals surface area contributed by atoms with Crippen LogP contribution in [0.2, 0.25) is 5.02 Å². The summed E-state index contributed by atoms with van der Waals surface area (Å²) in [7, 11) is 1.63. The molecule has 2 aromatic carbocycles. The first-order chi connectivity index (χ1) is 13.5. The number of aromatic nitrogens is 2. The van der Waals surface area contributed by atoms with Gasteiger partial charge in [0.2, 0.25) is 0 Å². The molecule has 5 nitrogen and oxygen atoms in total. The number of thioether (sulfide) groups is 1. The van der Waals surface area contributed by atoms with Crippen molar-refractivity contribution in [3.63, 3.8) is 0 Å². The van der Waals surface area contributed by atoms with Crippen LogP contribution >= 0.6 is 23.4 Å². The molecule has 0 saturated carbocycles. The van der Waals surface area contributed by atoms with E-state index in [1.807, 2.05) is 10.6 Å². The Balaban J connectivity index is 1.92. The van der Waals surface area contributed by atoms with E-state index in [2.05, 4.69) is 4.98 Å². The van der Waals surface area contributed by atoms with Crippen LogP contribution in [0.15, 0.2) is 41.6 Å². The first kappa shape index (κ1) is 20.6. The molecule has 0 spiro atoms. The smallest absolute Gasteiger partial charge is 0.338 e. The maximum absolute atomic E-state index is 14.0. The van der Waals surface area contributed by atoms with Gasteiger partial charge in [0.25, 0.3) is 0 Å². The average Bonchev–Trinajstić information content (AvgIpc) is 3.03. The van der Waals surface area contributed by atoms with Crippen LogP contribution in [0.4, 0.5) is 4.39 Å². The number of carbonyl (C=O) groups excluding carboxylic acids is 1. The summed E-state index contributed by atoms with van der Waals surface area (Å²) in [5.74, 6) is -0.306. The lowest BCUT2D eigenvalue weighted by Crippen LogP contribution is -2.06. The highest BCUT2D eigenvalue weighted by Crippen LogP contribution is 2.29. The Kier molecular flexibility index (Phi) is 6.93. The minimum Gasteiger partial charge on any atom is -0.462 e. The summed E-state index contributed by atoms with van der Waals surface area (Å²) >= 11 is 7.38. The fourth-order valence-corrected chi connectivity index (χ4v) is 3.96. The van der Waals surface area contributed by atoms with Gasteiger partial charge in [-0.15, -0.1) is 0 Å². The highest BCUT2D eigenvalue weighted by atomic mass is 35.5. The van der Waals surface area contributed by atoms with Crippen molar-refractivity contribution in [3.8, 4) is 0 Å². The van der Waals surface area contributed by atoms with E-state index in [-0.39, 0.29) is 11.8 Å². The van der Waals surface area contributed by atoms with Gasteiger partial charge < -0.3 is 14.0 Å². The SMILES string of the molecule is CCOC(=O)c1ccc2c(c1)nc(SCc1cc(Cl)ccc1F)n2CCOC. The minimum absolute atomic E-state index is 0.305. The third-order valence-electron chi connectivity index (χ3n) is 4.11. The maximum atomic E-state index is 14.0. The minimum atomic E-state index is -0.383. The Labute approximate surface area is 171 Å². The van der Waals surface area contributed by atoms with Crippen LogP contribution in [-0.4, -0.2) is 35.8 Å². The Morgan fingerprint density at radius 3 is 2.86 bits per heavy atom. The third-order valence-corrected chi connectivity index (χ3v) is 5.37. The number of esters is 1. The molecule has 0 saturated heterocycles. The number of benzene rings is 2. The van der Waals surface area contributed by atoms with Gasteiger partial charge >= 0.3 is 5.97 Å². The predicted octanol–water partition coefficient (Wildman–Crippen LogP) is 4.94. The summed E-state index contributed by atoms with van der Waals surface area (Å²) in [5, 5.41) is 1.20. The van der Waals surface area contributed by atoms with Crippen LogP contribution in [0.25, 0.3) is 11.0 Å². The lowest BCUT2D eigenvalue weighted by atomic mass is 10.2. The number of hydrogen-bond donors (Lipinski definition) is 0. The molecule has 0 fully saturated rings. The molecule has 0 N–H and O–H groups in total. The van der Waals surface area contributed by atoms with Crippen LogP contribution in [0.5, 0.6) is 0 Å². The summed E-state index contributed by atoms with van der Waals surface area (Å²) in [6.45, 7) is 3.17. The highest BCUT2D eigenvalue weighted by Gasteiger charge is 2.15. The summed E-state index contributed by atoms with van der Waals surface area (Å²) < 4.78 is 26.3. The molecule has 0 aliphatic carbocycles. The Morgan fingerprint density at radius 1 is 1.29 bits per heavy atom. The van der Waals surface area contributed by atoms with Gasteiger partial charge in [-0.1, -0.05) is 23.4 Å². The molecule has 3 aromatic rings. The maximum Gasteiger partial charge on any atom is 0.338 e. The van der Waals surface area contributed by atoms with Crippen molar-refractivity contribution >= 4 is 40.4 Å². The predicted molar refractivity (Wildman–Crippen MR) is 109 cm³/mol. The first-order valence-electron chi connectivity index (χ1n) is 8.76. The summed E-state index contributed by atoms with van der Waals surface area (Å²) in [4.78, 5) is 16.6. The fraction of sp³-hybridized carbons (Fsp3) is 0.300. The lowest BCUT2D eigenvalue weighted by Gasteiger charge is -2.09. The van der Waals surface area contributed by atoms with Gasteiger partial charge in [0.1, 0.15) is 5.82 Å². The first-order valence-corrected chi connectivity index (χ1v) is 10.1. The molecule has 0 bridgehead atoms. The van der Waals surface area contributed by atoms with E-state index in [1.54, 1.807) is 32.2 Å². The topological polar surface area (TPSA) is 53.3 Å². The number of methoxy groups -OCH3 is 1. The summed E-state index contributed by atoms with van der Waals surface area (Å²) in [6.07, 6.45) is 0. The van der Waals surface area contributed by atoms with E-state index < -0.39 is 0 Å². The Hall–Kier alpha value is -2.09. The zero-order valence-corrected chi connectivity index (χ0v) is 17.1. The molecule has 0 aliphatic rings. The van der Waals surface area contributed by atoms with Gasteiger partial charge in [-0.25, -0.2) is 14.2 Å². The quantitative estimate of drug-likeness (QED) is 0.380. The second-order valence-corrected chi connectivity index (χ2v) is 7.37. The molecule has 3 rings (SSSR count). The lowest BCUT2D eigenvalue weighted by molar-refractivity contribution is 0.0526. The molecule has 0 atom stereocenters. The number of nitrogens with zero attached hydrogens (tertiary/aromatic N) is 2. The van der Waals surface area contributed by atoms with Gasteiger partial charge in [0, 0.05) is 24.4 Å². The van der Waals surface area contributed by atoms with Gasteiger partial charge in [0.05, 0.1) is 29.8 Å². The number of rotatable bonds is 8. The Morgan fingerprint density at radius 2 is 2.11 bits per heavy atom. The van der Waals surface area contributed by atoms with Crippen molar-refractivity contribution in [1.82, 2.24) is 9.55 Å². The van der Waals surface area contributed by atoms with E-state index in [0.29, 0.717) is 52.3 Å². The molecular weight excluding hydrogens is 403 g/mol. The van der Waals surface area contributed by atoms with Crippen LogP contribution < -0.4 is 0 Å². The molecule has 0 unspecified atom stereocenters. The molecule has 8 heteroatoms. The highest BCUT2D eigenvalue weighted by molar-refractivity contribution is 7.98. The second-order valence-electron chi connectivity index (χ2n) is 5.99. The van der Waals surface area contributed by atoms with Crippen LogP contribution in [0.1, 0.15) is 22.8 Å². The summed E-state index contributed by atoms with van der Waals surface area (Å²) in [5.41, 5.74) is 2.51. The van der Waals surface area contributed by atoms with Crippen LogP contribution in [-0.2, 0) is 21.8 Å². The van der Waals surface area contributed by atoms with E-state index in [1.165, 1.54) is 23.9 Å². The zero-order valence-electron chi connectivity index (χ0n) is 15.6. The van der Waals surface area contributed by atoms with Gasteiger partial charge in [-0.3, -0.25) is 0 Å². The van der Waals surface area contributed by atoms with Gasteiger partial charge in [-0.05, 0) is 48.9 Å². The van der Waals surface area contributed by atoms with Crippen molar-refractivity contribution in [3.05, 3.63) is 58.4 Å². The van der Waals surface area contributed by atoms with E-state index in [9.17, 15) is 9.18 Å². The molecule has 1 heterocycles. The number of imidazole rings is 1. The molecular formula is C20H20ClFN2O3S. The number of fused-ring (bicyclic) bond motifs is 1. The molecule has 0 aliphatic heterocycles. The number of carbonyl (C=O) groups is 1. The molecule has 1 aromatic heterocycles. The molecule has 0 amide bonds. The van der Waals surface area contributed by atoms with Crippen molar-refractivity contribution in [1.29, 1.82) is 0 Å². The molecule has 28 heavy (non-hydrogen) atoms. The van der Waals surface area contributed by atoms with Gasteiger partial charge in [-0.2, -0.15) is 0 Å². The standard InChI is InChI=1S/C20H20ClFN2O3S/c1-3-27-19(25)13-4-7-18-17(11-13)23-20(24(18)8-9-26-2)28-12-14-10-15(21)5-6-16(14)22/h4-7,10-11H,3,8-9,12H2,1-2H3. The zero-order chi connectivity index (χ0) is 20.1. The number of hydrogen-bond acceptors (Lipinski definition) is 5. The fourth-order valence-electron chi connectivity index (χ4n) is 2.75. The van der Waals surface area contributed by atoms with Crippen molar-refractivity contribution < 1.29 is 18.7 Å². The number of ether oxygens (including phenoxy) is 2. The molecule has 0 radical (unpaired) electrons. The van der Waals surface area contributed by atoms with Crippen molar-refractivity contribution in [2.75, 3.05) is 20.3 Å². The second kappa shape index (κ2) is 9.41. The number of halogens is 2.